The highest BCUT2D eigenvalue weighted by molar-refractivity contribution is 6.74. The highest BCUT2D eigenvalue weighted by Crippen LogP contribution is 2.38. The maximum absolute atomic E-state index is 13.0. The maximum atomic E-state index is 13.0. The van der Waals surface area contributed by atoms with E-state index in [1.807, 2.05) is 62.4 Å². The van der Waals surface area contributed by atoms with E-state index >= 15 is 0 Å². The van der Waals surface area contributed by atoms with Gasteiger partial charge in [0.1, 0.15) is 0 Å². The van der Waals surface area contributed by atoms with Crippen LogP contribution in [0.3, 0.4) is 0 Å². The van der Waals surface area contributed by atoms with Crippen molar-refractivity contribution in [1.29, 1.82) is 0 Å². The van der Waals surface area contributed by atoms with Crippen molar-refractivity contribution in [2.75, 3.05) is 6.54 Å². The largest absolute Gasteiger partial charge is 0.532 e. The summed E-state index contributed by atoms with van der Waals surface area (Å²) in [5.41, 5.74) is 0.667. The van der Waals surface area contributed by atoms with Crippen LogP contribution in [0.4, 0.5) is 0 Å². The van der Waals surface area contributed by atoms with Crippen LogP contribution in [0.25, 0.3) is 0 Å². The SMILES string of the molecule is C/C=C(\O[Si](C)(C)C(C)(C)C)N(C/C=C/C)C(=O)c1ccccc1. The van der Waals surface area contributed by atoms with E-state index in [9.17, 15) is 4.79 Å². The molecule has 0 bridgehead atoms. The van der Waals surface area contributed by atoms with Crippen LogP contribution in [0.2, 0.25) is 18.1 Å². The third-order valence-electron chi connectivity index (χ3n) is 4.47. The number of rotatable bonds is 6. The van der Waals surface area contributed by atoms with E-state index in [0.29, 0.717) is 18.0 Å². The zero-order valence-electron chi connectivity index (χ0n) is 16.1. The molecule has 4 heteroatoms. The van der Waals surface area contributed by atoms with Gasteiger partial charge in [-0.1, -0.05) is 51.1 Å². The monoisotopic (exact) mass is 345 g/mol. The Morgan fingerprint density at radius 3 is 2.21 bits per heavy atom. The number of nitrogens with zero attached hydrogens (tertiary/aromatic N) is 1. The van der Waals surface area contributed by atoms with Crippen molar-refractivity contribution >= 4 is 14.2 Å². The first kappa shape index (κ1) is 20.2. The fraction of sp³-hybridized carbons (Fsp3) is 0.450. The van der Waals surface area contributed by atoms with Crippen molar-refractivity contribution in [3.63, 3.8) is 0 Å². The molecule has 1 aromatic carbocycles. The zero-order valence-corrected chi connectivity index (χ0v) is 17.1. The molecule has 0 spiro atoms. The van der Waals surface area contributed by atoms with E-state index in [-0.39, 0.29) is 10.9 Å². The molecule has 0 atom stereocenters. The minimum Gasteiger partial charge on any atom is -0.532 e. The Morgan fingerprint density at radius 2 is 1.75 bits per heavy atom. The molecule has 0 radical (unpaired) electrons. The van der Waals surface area contributed by atoms with Gasteiger partial charge in [-0.15, -0.1) is 0 Å². The Kier molecular flexibility index (Phi) is 7.03. The lowest BCUT2D eigenvalue weighted by molar-refractivity contribution is 0.0752. The van der Waals surface area contributed by atoms with Gasteiger partial charge in [0.2, 0.25) is 0 Å². The summed E-state index contributed by atoms with van der Waals surface area (Å²) in [6.07, 6.45) is 5.81. The van der Waals surface area contributed by atoms with Gasteiger partial charge in [0.05, 0.1) is 0 Å². The highest BCUT2D eigenvalue weighted by Gasteiger charge is 2.40. The molecule has 0 heterocycles. The Balaban J connectivity index is 3.16. The van der Waals surface area contributed by atoms with Gasteiger partial charge in [0.15, 0.2) is 5.88 Å². The summed E-state index contributed by atoms with van der Waals surface area (Å²) in [4.78, 5) is 14.7. The molecule has 0 saturated heterocycles. The van der Waals surface area contributed by atoms with Crippen LogP contribution in [0.15, 0.2) is 54.4 Å². The fourth-order valence-corrected chi connectivity index (χ4v) is 2.96. The lowest BCUT2D eigenvalue weighted by atomic mass is 10.2. The molecule has 0 saturated carbocycles. The molecule has 1 amide bonds. The lowest BCUT2D eigenvalue weighted by Gasteiger charge is -2.39. The second-order valence-electron chi connectivity index (χ2n) is 7.34. The predicted molar refractivity (Wildman–Crippen MR) is 104 cm³/mol. The highest BCUT2D eigenvalue weighted by atomic mass is 28.4. The fourth-order valence-electron chi connectivity index (χ4n) is 1.90. The lowest BCUT2D eigenvalue weighted by Crippen LogP contribution is -2.44. The molecule has 0 aliphatic heterocycles. The smallest absolute Gasteiger partial charge is 0.260 e. The molecule has 0 N–H and O–H groups in total. The van der Waals surface area contributed by atoms with Crippen LogP contribution in [0.1, 0.15) is 45.0 Å². The Labute approximate surface area is 148 Å². The first-order valence-corrected chi connectivity index (χ1v) is 11.4. The van der Waals surface area contributed by atoms with E-state index in [0.717, 1.165) is 0 Å². The van der Waals surface area contributed by atoms with Crippen molar-refractivity contribution in [2.45, 2.75) is 52.8 Å². The molecule has 1 aromatic rings. The summed E-state index contributed by atoms with van der Waals surface area (Å²) in [7, 11) is -2.02. The normalized spacial score (nSPS) is 13.2. The van der Waals surface area contributed by atoms with E-state index < -0.39 is 8.32 Å². The van der Waals surface area contributed by atoms with E-state index in [4.69, 9.17) is 4.43 Å². The van der Waals surface area contributed by atoms with E-state index in [1.165, 1.54) is 0 Å². The number of benzene rings is 1. The first-order valence-electron chi connectivity index (χ1n) is 8.47. The van der Waals surface area contributed by atoms with Crippen LogP contribution in [0, 0.1) is 0 Å². The summed E-state index contributed by atoms with van der Waals surface area (Å²) in [6.45, 7) is 15.3. The molecule has 0 aliphatic carbocycles. The van der Waals surface area contributed by atoms with Gasteiger partial charge in [-0.2, -0.15) is 0 Å². The van der Waals surface area contributed by atoms with Crippen molar-refractivity contribution < 1.29 is 9.22 Å². The van der Waals surface area contributed by atoms with E-state index in [2.05, 4.69) is 33.9 Å². The van der Waals surface area contributed by atoms with Gasteiger partial charge in [0, 0.05) is 12.1 Å². The Bertz CT molecular complexity index is 598. The summed E-state index contributed by atoms with van der Waals surface area (Å²) < 4.78 is 6.42. The number of carbonyl (C=O) groups excluding carboxylic acids is 1. The topological polar surface area (TPSA) is 29.5 Å². The van der Waals surface area contributed by atoms with Crippen LogP contribution < -0.4 is 0 Å². The quantitative estimate of drug-likeness (QED) is 0.382. The van der Waals surface area contributed by atoms with Gasteiger partial charge < -0.3 is 4.43 Å². The van der Waals surface area contributed by atoms with Crippen molar-refractivity contribution in [3.8, 4) is 0 Å². The van der Waals surface area contributed by atoms with Crippen LogP contribution >= 0.6 is 0 Å². The average Bonchev–Trinajstić information content (AvgIpc) is 2.53. The number of carbonyl (C=O) groups is 1. The molecule has 3 nitrogen and oxygen atoms in total. The van der Waals surface area contributed by atoms with Gasteiger partial charge >= 0.3 is 0 Å². The molecular formula is C20H31NO2Si. The molecule has 0 unspecified atom stereocenters. The van der Waals surface area contributed by atoms with Crippen LogP contribution in [-0.4, -0.2) is 25.7 Å². The molecule has 132 valence electrons. The summed E-state index contributed by atoms with van der Waals surface area (Å²) in [6, 6.07) is 9.35. The molecular weight excluding hydrogens is 314 g/mol. The van der Waals surface area contributed by atoms with Crippen molar-refractivity contribution in [1.82, 2.24) is 4.90 Å². The molecule has 0 fully saturated rings. The first-order chi connectivity index (χ1) is 11.1. The number of hydrogen-bond donors (Lipinski definition) is 0. The molecule has 24 heavy (non-hydrogen) atoms. The summed E-state index contributed by atoms with van der Waals surface area (Å²) in [5, 5.41) is 0.0727. The molecule has 1 rings (SSSR count). The van der Waals surface area contributed by atoms with Crippen molar-refractivity contribution in [3.05, 3.63) is 60.0 Å². The zero-order chi connectivity index (χ0) is 18.4. The number of hydrogen-bond acceptors (Lipinski definition) is 2. The summed E-state index contributed by atoms with van der Waals surface area (Å²) >= 11 is 0. The standard InChI is InChI=1S/C20H31NO2Si/c1-8-10-16-21(19(22)17-14-12-11-13-15-17)18(9-2)23-24(6,7)20(3,4)5/h8-15H,16H2,1-7H3/b10-8+,18-9-. The van der Waals surface area contributed by atoms with Gasteiger partial charge in [-0.25, -0.2) is 0 Å². The van der Waals surface area contributed by atoms with Gasteiger partial charge in [0.25, 0.3) is 14.2 Å². The Hall–Kier alpha value is -1.81. The van der Waals surface area contributed by atoms with Crippen LogP contribution in [0.5, 0.6) is 0 Å². The third kappa shape index (κ3) is 5.10. The van der Waals surface area contributed by atoms with Crippen molar-refractivity contribution in [2.24, 2.45) is 0 Å². The number of amides is 1. The maximum Gasteiger partial charge on any atom is 0.260 e. The Morgan fingerprint density at radius 1 is 1.17 bits per heavy atom. The predicted octanol–water partition coefficient (Wildman–Crippen LogP) is 5.59. The van der Waals surface area contributed by atoms with Gasteiger partial charge in [-0.3, -0.25) is 9.69 Å². The number of allylic oxidation sites excluding steroid dienone is 2. The second kappa shape index (κ2) is 8.33. The van der Waals surface area contributed by atoms with Crippen LogP contribution in [-0.2, 0) is 4.43 Å². The second-order valence-corrected chi connectivity index (χ2v) is 12.1. The van der Waals surface area contributed by atoms with E-state index in [1.54, 1.807) is 4.90 Å². The third-order valence-corrected chi connectivity index (χ3v) is 8.80. The molecule has 0 aliphatic rings. The average molecular weight is 346 g/mol. The minimum absolute atomic E-state index is 0.0412. The summed E-state index contributed by atoms with van der Waals surface area (Å²) in [5.74, 6) is 0.606. The minimum atomic E-state index is -2.02. The van der Waals surface area contributed by atoms with Gasteiger partial charge in [-0.05, 0) is 50.2 Å². The molecule has 0 aromatic heterocycles.